The van der Waals surface area contributed by atoms with E-state index in [1.54, 1.807) is 0 Å². The molecule has 0 spiro atoms. The van der Waals surface area contributed by atoms with Gasteiger partial charge in [0.1, 0.15) is 0 Å². The Bertz CT molecular complexity index is 194. The third-order valence-electron chi connectivity index (χ3n) is 3.64. The standard InChI is InChI=1S/C13H28N2O2/c1-2-3-6-15(7-8-16)11-13(10-14)5-4-9-17-12-13/h16H,2-12,14H2,1H3. The number of unbranched alkanes of at least 4 members (excludes halogenated alkanes) is 1. The maximum Gasteiger partial charge on any atom is 0.0558 e. The third kappa shape index (κ3) is 4.92. The van der Waals surface area contributed by atoms with Crippen LogP contribution >= 0.6 is 0 Å². The van der Waals surface area contributed by atoms with Gasteiger partial charge in [-0.25, -0.2) is 0 Å². The first-order valence-electron chi connectivity index (χ1n) is 6.87. The fourth-order valence-corrected chi connectivity index (χ4v) is 2.53. The minimum Gasteiger partial charge on any atom is -0.395 e. The summed E-state index contributed by atoms with van der Waals surface area (Å²) in [5, 5.41) is 9.12. The van der Waals surface area contributed by atoms with Crippen molar-refractivity contribution in [2.45, 2.75) is 32.6 Å². The average Bonchev–Trinajstić information content (AvgIpc) is 2.37. The predicted octanol–water partition coefficient (Wildman–Crippen LogP) is 0.836. The van der Waals surface area contributed by atoms with Crippen LogP contribution in [-0.4, -0.2) is 56.0 Å². The number of nitrogens with zero attached hydrogens (tertiary/aromatic N) is 1. The Morgan fingerprint density at radius 2 is 2.24 bits per heavy atom. The summed E-state index contributed by atoms with van der Waals surface area (Å²) in [4.78, 5) is 2.34. The van der Waals surface area contributed by atoms with Crippen molar-refractivity contribution in [2.75, 3.05) is 46.0 Å². The van der Waals surface area contributed by atoms with Crippen LogP contribution in [0, 0.1) is 5.41 Å². The van der Waals surface area contributed by atoms with E-state index in [-0.39, 0.29) is 12.0 Å². The molecule has 4 nitrogen and oxygen atoms in total. The Morgan fingerprint density at radius 3 is 2.76 bits per heavy atom. The lowest BCUT2D eigenvalue weighted by atomic mass is 9.82. The molecule has 4 heteroatoms. The predicted molar refractivity (Wildman–Crippen MR) is 70.0 cm³/mol. The molecule has 3 N–H and O–H groups in total. The van der Waals surface area contributed by atoms with E-state index >= 15 is 0 Å². The van der Waals surface area contributed by atoms with Gasteiger partial charge in [0.05, 0.1) is 13.2 Å². The van der Waals surface area contributed by atoms with Crippen LogP contribution in [0.5, 0.6) is 0 Å². The highest BCUT2D eigenvalue weighted by Crippen LogP contribution is 2.28. The lowest BCUT2D eigenvalue weighted by Gasteiger charge is -2.40. The second kappa shape index (κ2) is 8.03. The topological polar surface area (TPSA) is 58.7 Å². The van der Waals surface area contributed by atoms with E-state index in [2.05, 4.69) is 11.8 Å². The minimum absolute atomic E-state index is 0.112. The maximum atomic E-state index is 9.12. The molecule has 1 unspecified atom stereocenters. The van der Waals surface area contributed by atoms with Gasteiger partial charge in [0.15, 0.2) is 0 Å². The lowest BCUT2D eigenvalue weighted by Crippen LogP contribution is -2.48. The summed E-state index contributed by atoms with van der Waals surface area (Å²) >= 11 is 0. The largest absolute Gasteiger partial charge is 0.395 e. The molecule has 17 heavy (non-hydrogen) atoms. The summed E-state index contributed by atoms with van der Waals surface area (Å²) in [5.41, 5.74) is 6.05. The number of hydrogen-bond acceptors (Lipinski definition) is 4. The van der Waals surface area contributed by atoms with Crippen LogP contribution in [0.1, 0.15) is 32.6 Å². The highest BCUT2D eigenvalue weighted by atomic mass is 16.5. The summed E-state index contributed by atoms with van der Waals surface area (Å²) in [6, 6.07) is 0. The number of ether oxygens (including phenoxy) is 1. The van der Waals surface area contributed by atoms with Crippen molar-refractivity contribution in [3.05, 3.63) is 0 Å². The van der Waals surface area contributed by atoms with Crippen LogP contribution in [0.25, 0.3) is 0 Å². The van der Waals surface area contributed by atoms with Crippen LogP contribution in [-0.2, 0) is 4.74 Å². The number of hydrogen-bond donors (Lipinski definition) is 2. The van der Waals surface area contributed by atoms with Crippen molar-refractivity contribution >= 4 is 0 Å². The Labute approximate surface area is 105 Å². The first-order valence-corrected chi connectivity index (χ1v) is 6.87. The molecule has 0 radical (unpaired) electrons. The summed E-state index contributed by atoms with van der Waals surface area (Å²) < 4.78 is 5.59. The van der Waals surface area contributed by atoms with Crippen molar-refractivity contribution < 1.29 is 9.84 Å². The van der Waals surface area contributed by atoms with Crippen LogP contribution in [0.2, 0.25) is 0 Å². The van der Waals surface area contributed by atoms with Gasteiger partial charge in [-0.15, -0.1) is 0 Å². The number of aliphatic hydroxyl groups is 1. The molecule has 1 heterocycles. The first kappa shape index (κ1) is 14.9. The van der Waals surface area contributed by atoms with Crippen molar-refractivity contribution in [2.24, 2.45) is 11.1 Å². The molecule has 0 aromatic rings. The minimum atomic E-state index is 0.112. The Balaban J connectivity index is 2.48. The molecular formula is C13H28N2O2. The summed E-state index contributed by atoms with van der Waals surface area (Å²) in [7, 11) is 0. The second-order valence-corrected chi connectivity index (χ2v) is 5.21. The molecule has 1 aliphatic heterocycles. The molecule has 1 saturated heterocycles. The SMILES string of the molecule is CCCCN(CCO)CC1(CN)CCCOC1. The van der Waals surface area contributed by atoms with Crippen molar-refractivity contribution in [3.63, 3.8) is 0 Å². The van der Waals surface area contributed by atoms with Gasteiger partial charge in [0, 0.05) is 31.7 Å². The van der Waals surface area contributed by atoms with Gasteiger partial charge in [-0.05, 0) is 25.8 Å². The zero-order chi connectivity index (χ0) is 12.6. The van der Waals surface area contributed by atoms with Crippen LogP contribution < -0.4 is 5.73 Å². The molecule has 0 bridgehead atoms. The average molecular weight is 244 g/mol. The van der Waals surface area contributed by atoms with Crippen molar-refractivity contribution in [1.29, 1.82) is 0 Å². The highest BCUT2D eigenvalue weighted by Gasteiger charge is 2.33. The molecule has 102 valence electrons. The van der Waals surface area contributed by atoms with Gasteiger partial charge in [-0.3, -0.25) is 0 Å². The van der Waals surface area contributed by atoms with Crippen molar-refractivity contribution in [3.8, 4) is 0 Å². The molecule has 0 aromatic heterocycles. The van der Waals surface area contributed by atoms with E-state index in [1.165, 1.54) is 12.8 Å². The van der Waals surface area contributed by atoms with E-state index in [1.807, 2.05) is 0 Å². The molecular weight excluding hydrogens is 216 g/mol. The molecule has 1 atom stereocenters. The molecule has 0 saturated carbocycles. The van der Waals surface area contributed by atoms with Gasteiger partial charge in [-0.1, -0.05) is 13.3 Å². The van der Waals surface area contributed by atoms with E-state index in [4.69, 9.17) is 15.6 Å². The zero-order valence-electron chi connectivity index (χ0n) is 11.2. The molecule has 0 amide bonds. The van der Waals surface area contributed by atoms with Gasteiger partial charge in [0.2, 0.25) is 0 Å². The Morgan fingerprint density at radius 1 is 1.41 bits per heavy atom. The smallest absolute Gasteiger partial charge is 0.0558 e. The second-order valence-electron chi connectivity index (χ2n) is 5.21. The van der Waals surface area contributed by atoms with Crippen LogP contribution in [0.4, 0.5) is 0 Å². The third-order valence-corrected chi connectivity index (χ3v) is 3.64. The fourth-order valence-electron chi connectivity index (χ4n) is 2.53. The molecule has 0 aromatic carbocycles. The number of nitrogens with two attached hydrogens (primary N) is 1. The van der Waals surface area contributed by atoms with Crippen LogP contribution in [0.15, 0.2) is 0 Å². The van der Waals surface area contributed by atoms with E-state index in [9.17, 15) is 0 Å². The van der Waals surface area contributed by atoms with Gasteiger partial charge < -0.3 is 20.5 Å². The molecule has 1 rings (SSSR count). The van der Waals surface area contributed by atoms with Gasteiger partial charge in [0.25, 0.3) is 0 Å². The highest BCUT2D eigenvalue weighted by molar-refractivity contribution is 4.86. The quantitative estimate of drug-likeness (QED) is 0.664. The maximum absolute atomic E-state index is 9.12. The number of rotatable bonds is 8. The fraction of sp³-hybridized carbons (Fsp3) is 1.00. The summed E-state index contributed by atoms with van der Waals surface area (Å²) in [6.45, 7) is 7.52. The summed E-state index contributed by atoms with van der Waals surface area (Å²) in [6.07, 6.45) is 4.63. The number of aliphatic hydroxyl groups excluding tert-OH is 1. The lowest BCUT2D eigenvalue weighted by molar-refractivity contribution is -0.0238. The van der Waals surface area contributed by atoms with Crippen molar-refractivity contribution in [1.82, 2.24) is 4.90 Å². The summed E-state index contributed by atoms with van der Waals surface area (Å²) in [5.74, 6) is 0. The molecule has 0 aliphatic carbocycles. The van der Waals surface area contributed by atoms with E-state index in [0.29, 0.717) is 6.54 Å². The monoisotopic (exact) mass is 244 g/mol. The van der Waals surface area contributed by atoms with E-state index in [0.717, 1.165) is 45.7 Å². The normalized spacial score (nSPS) is 25.4. The van der Waals surface area contributed by atoms with Crippen LogP contribution in [0.3, 0.4) is 0 Å². The Kier molecular flexibility index (Phi) is 7.04. The zero-order valence-corrected chi connectivity index (χ0v) is 11.2. The van der Waals surface area contributed by atoms with E-state index < -0.39 is 0 Å². The Hall–Kier alpha value is -0.160. The van der Waals surface area contributed by atoms with Gasteiger partial charge >= 0.3 is 0 Å². The first-order chi connectivity index (χ1) is 8.26. The molecule has 1 aliphatic rings. The van der Waals surface area contributed by atoms with Gasteiger partial charge in [-0.2, -0.15) is 0 Å². The molecule has 1 fully saturated rings.